The van der Waals surface area contributed by atoms with E-state index in [4.69, 9.17) is 14.2 Å². The highest BCUT2D eigenvalue weighted by molar-refractivity contribution is 5.83. The van der Waals surface area contributed by atoms with Gasteiger partial charge in [0.15, 0.2) is 0 Å². The third-order valence-electron chi connectivity index (χ3n) is 6.32. The van der Waals surface area contributed by atoms with Crippen molar-refractivity contribution in [3.8, 4) is 5.75 Å². The van der Waals surface area contributed by atoms with Crippen LogP contribution in [-0.2, 0) is 28.7 Å². The molecule has 1 N–H and O–H groups in total. The molecule has 0 heterocycles. The zero-order valence-electron chi connectivity index (χ0n) is 27.2. The topological polar surface area (TPSA) is 151 Å². The highest BCUT2D eigenvalue weighted by atomic mass is 16.6. The van der Waals surface area contributed by atoms with Gasteiger partial charge in [-0.05, 0) is 78.4 Å². The van der Waals surface area contributed by atoms with Crippen molar-refractivity contribution in [2.45, 2.75) is 131 Å². The molecule has 0 aliphatic carbocycles. The normalized spacial score (nSPS) is 13.4. The van der Waals surface area contributed by atoms with Crippen molar-refractivity contribution in [2.24, 2.45) is 11.3 Å². The largest absolute Gasteiger partial charge is 0.460 e. The summed E-state index contributed by atoms with van der Waals surface area (Å²) >= 11 is 0. The molecule has 1 aromatic rings. The second kappa shape index (κ2) is 16.4. The van der Waals surface area contributed by atoms with E-state index in [0.717, 1.165) is 0 Å². The molecule has 1 amide bonds. The lowest BCUT2D eigenvalue weighted by atomic mass is 9.83. The number of nitro benzene ring substituents is 1. The van der Waals surface area contributed by atoms with E-state index in [9.17, 15) is 29.3 Å². The zero-order chi connectivity index (χ0) is 33.0. The van der Waals surface area contributed by atoms with Crippen LogP contribution in [0, 0.1) is 21.4 Å². The minimum atomic E-state index is -0.713. The Morgan fingerprint density at radius 1 is 0.791 bits per heavy atom. The van der Waals surface area contributed by atoms with Gasteiger partial charge in [-0.15, -0.1) is 0 Å². The summed E-state index contributed by atoms with van der Waals surface area (Å²) in [6.07, 6.45) is 2.75. The van der Waals surface area contributed by atoms with Crippen molar-refractivity contribution in [3.63, 3.8) is 0 Å². The van der Waals surface area contributed by atoms with Gasteiger partial charge in [-0.2, -0.15) is 0 Å². The summed E-state index contributed by atoms with van der Waals surface area (Å²) in [4.78, 5) is 60.8. The predicted molar refractivity (Wildman–Crippen MR) is 162 cm³/mol. The van der Waals surface area contributed by atoms with E-state index in [-0.39, 0.29) is 54.0 Å². The van der Waals surface area contributed by atoms with Gasteiger partial charge in [-0.1, -0.05) is 33.6 Å². The average molecular weight is 607 g/mol. The quantitative estimate of drug-likeness (QED) is 0.0780. The number of esters is 3. The van der Waals surface area contributed by atoms with Gasteiger partial charge in [0.2, 0.25) is 5.91 Å². The van der Waals surface area contributed by atoms with Crippen molar-refractivity contribution in [1.29, 1.82) is 0 Å². The van der Waals surface area contributed by atoms with Crippen LogP contribution in [0.25, 0.3) is 0 Å². The molecule has 1 rings (SSSR count). The van der Waals surface area contributed by atoms with Gasteiger partial charge in [0, 0.05) is 37.4 Å². The molecule has 0 aromatic heterocycles. The Hall–Kier alpha value is -3.50. The van der Waals surface area contributed by atoms with Gasteiger partial charge in [-0.3, -0.25) is 29.3 Å². The van der Waals surface area contributed by atoms with E-state index in [1.807, 2.05) is 20.8 Å². The smallest absolute Gasteiger partial charge is 0.311 e. The number of carbonyl (C=O) groups excluding carboxylic acids is 4. The van der Waals surface area contributed by atoms with E-state index in [2.05, 4.69) is 5.32 Å². The molecule has 0 saturated carbocycles. The van der Waals surface area contributed by atoms with Crippen LogP contribution in [0.5, 0.6) is 5.75 Å². The lowest BCUT2D eigenvalue weighted by Crippen LogP contribution is -2.45. The Balaban J connectivity index is 2.70. The maximum atomic E-state index is 13.1. The summed E-state index contributed by atoms with van der Waals surface area (Å²) in [5, 5.41) is 13.8. The highest BCUT2D eigenvalue weighted by Crippen LogP contribution is 2.26. The third-order valence-corrected chi connectivity index (χ3v) is 6.32. The molecular formula is C32H50N2O9. The van der Waals surface area contributed by atoms with Crippen LogP contribution in [0.2, 0.25) is 0 Å². The highest BCUT2D eigenvalue weighted by Gasteiger charge is 2.31. The monoisotopic (exact) mass is 606 g/mol. The van der Waals surface area contributed by atoms with Crippen molar-refractivity contribution in [2.75, 3.05) is 0 Å². The third kappa shape index (κ3) is 16.7. The molecule has 0 aliphatic heterocycles. The SMILES string of the molecule is CC(C)(C)OC(=O)CC[C@H](NC(=O)C[C@@H](CCCCCC(=O)Oc1ccc([N+](=O)[O-])cc1)C(=O)OC(C)(C)C)C(C)(C)C. The fourth-order valence-electron chi connectivity index (χ4n) is 4.20. The summed E-state index contributed by atoms with van der Waals surface area (Å²) in [6, 6.07) is 4.96. The number of non-ortho nitro benzene ring substituents is 1. The lowest BCUT2D eigenvalue weighted by molar-refractivity contribution is -0.384. The van der Waals surface area contributed by atoms with Gasteiger partial charge in [0.25, 0.3) is 5.69 Å². The van der Waals surface area contributed by atoms with Gasteiger partial charge < -0.3 is 19.5 Å². The Bertz CT molecular complexity index is 1090. The standard InChI is InChI=1S/C32H50N2O9/c1-30(2,3)25(19-20-28(37)42-31(4,5)6)33-26(35)21-22(29(38)43-32(7,8)9)13-11-10-12-14-27(36)41-24-17-15-23(16-18-24)34(39)40/h15-18,22,25H,10-14,19-21H2,1-9H3,(H,33,35)/t22-,25+/m1/s1. The first-order chi connectivity index (χ1) is 19.7. The molecule has 0 radical (unpaired) electrons. The zero-order valence-corrected chi connectivity index (χ0v) is 27.2. The van der Waals surface area contributed by atoms with E-state index < -0.39 is 34.0 Å². The maximum Gasteiger partial charge on any atom is 0.311 e. The van der Waals surface area contributed by atoms with Crippen molar-refractivity contribution in [1.82, 2.24) is 5.32 Å². The number of nitrogens with one attached hydrogen (secondary N) is 1. The predicted octanol–water partition coefficient (Wildman–Crippen LogP) is 6.45. The average Bonchev–Trinajstić information content (AvgIpc) is 2.83. The van der Waals surface area contributed by atoms with Crippen LogP contribution in [0.4, 0.5) is 5.69 Å². The molecule has 0 bridgehead atoms. The molecule has 0 fully saturated rings. The summed E-state index contributed by atoms with van der Waals surface area (Å²) in [5.41, 5.74) is -1.73. The molecule has 11 nitrogen and oxygen atoms in total. The number of amides is 1. The Labute approximate surface area is 255 Å². The first kappa shape index (κ1) is 37.5. The minimum Gasteiger partial charge on any atom is -0.460 e. The number of rotatable bonds is 15. The van der Waals surface area contributed by atoms with Crippen LogP contribution >= 0.6 is 0 Å². The van der Waals surface area contributed by atoms with E-state index in [1.165, 1.54) is 24.3 Å². The number of hydrogen-bond acceptors (Lipinski definition) is 9. The van der Waals surface area contributed by atoms with Gasteiger partial charge >= 0.3 is 17.9 Å². The molecule has 0 aliphatic rings. The molecule has 2 atom stereocenters. The van der Waals surface area contributed by atoms with Gasteiger partial charge in [0.05, 0.1) is 10.8 Å². The van der Waals surface area contributed by atoms with Crippen LogP contribution in [-0.4, -0.2) is 46.0 Å². The lowest BCUT2D eigenvalue weighted by Gasteiger charge is -2.32. The van der Waals surface area contributed by atoms with Crippen LogP contribution in [0.1, 0.15) is 114 Å². The first-order valence-corrected chi connectivity index (χ1v) is 14.9. The number of nitrogens with zero attached hydrogens (tertiary/aromatic N) is 1. The van der Waals surface area contributed by atoms with E-state index >= 15 is 0 Å². The van der Waals surface area contributed by atoms with E-state index in [1.54, 1.807) is 41.5 Å². The summed E-state index contributed by atoms with van der Waals surface area (Å²) < 4.78 is 16.2. The Kier molecular flexibility index (Phi) is 14.3. The fraction of sp³-hybridized carbons (Fsp3) is 0.688. The van der Waals surface area contributed by atoms with Crippen molar-refractivity contribution in [3.05, 3.63) is 34.4 Å². The second-order valence-corrected chi connectivity index (χ2v) is 13.9. The molecular weight excluding hydrogens is 556 g/mol. The van der Waals surface area contributed by atoms with Crippen LogP contribution < -0.4 is 10.1 Å². The molecule has 0 saturated heterocycles. The van der Waals surface area contributed by atoms with Crippen LogP contribution in [0.3, 0.4) is 0 Å². The fourth-order valence-corrected chi connectivity index (χ4v) is 4.20. The number of unbranched alkanes of at least 4 members (excludes halogenated alkanes) is 2. The first-order valence-electron chi connectivity index (χ1n) is 14.9. The maximum absolute atomic E-state index is 13.1. The molecule has 43 heavy (non-hydrogen) atoms. The number of ether oxygens (including phenoxy) is 3. The molecule has 0 unspecified atom stereocenters. The van der Waals surface area contributed by atoms with Crippen LogP contribution in [0.15, 0.2) is 24.3 Å². The Morgan fingerprint density at radius 2 is 1.37 bits per heavy atom. The summed E-state index contributed by atoms with van der Waals surface area (Å²) in [5.74, 6) is -1.99. The molecule has 242 valence electrons. The van der Waals surface area contributed by atoms with Crippen molar-refractivity contribution < 1.29 is 38.3 Å². The van der Waals surface area contributed by atoms with Crippen molar-refractivity contribution >= 4 is 29.5 Å². The van der Waals surface area contributed by atoms with Gasteiger partial charge in [-0.25, -0.2) is 0 Å². The second-order valence-electron chi connectivity index (χ2n) is 13.9. The molecule has 11 heteroatoms. The van der Waals surface area contributed by atoms with E-state index in [0.29, 0.717) is 32.1 Å². The van der Waals surface area contributed by atoms with Gasteiger partial charge in [0.1, 0.15) is 17.0 Å². The summed E-state index contributed by atoms with van der Waals surface area (Å²) in [6.45, 7) is 16.6. The number of benzene rings is 1. The summed E-state index contributed by atoms with van der Waals surface area (Å²) in [7, 11) is 0. The number of hydrogen-bond donors (Lipinski definition) is 1. The Morgan fingerprint density at radius 3 is 1.88 bits per heavy atom. The number of carbonyl (C=O) groups is 4. The molecule has 0 spiro atoms. The minimum absolute atomic E-state index is 0.0594. The number of nitro groups is 1. The molecule has 1 aromatic carbocycles.